The number of likely N-dealkylation sites (tertiary alicyclic amines) is 1. The van der Waals surface area contributed by atoms with E-state index < -0.39 is 8.32 Å². The standard InChI is InChI=1S/C16H24BrNO2Si/c1-16(2,3)21(4,5)20-14-10-18(11-14)15(19)12-6-8-13(17)9-7-12/h6-9,14H,10-11H2,1-5H3. The van der Waals surface area contributed by atoms with Gasteiger partial charge in [-0.25, -0.2) is 0 Å². The molecule has 0 atom stereocenters. The SMILES string of the molecule is CC(C)(C)[Si](C)(C)OC1CN(C(=O)c2ccc(Br)cc2)C1. The zero-order valence-corrected chi connectivity index (χ0v) is 16.0. The first-order chi connectivity index (χ1) is 9.60. The van der Waals surface area contributed by atoms with Gasteiger partial charge in [0, 0.05) is 23.1 Å². The number of rotatable bonds is 3. The first-order valence-corrected chi connectivity index (χ1v) is 11.0. The molecular formula is C16H24BrNO2Si. The Morgan fingerprint density at radius 3 is 2.24 bits per heavy atom. The van der Waals surface area contributed by atoms with E-state index in [0.717, 1.165) is 10.0 Å². The quantitative estimate of drug-likeness (QED) is 0.743. The third-order valence-electron chi connectivity index (χ3n) is 4.49. The van der Waals surface area contributed by atoms with Crippen LogP contribution < -0.4 is 0 Å². The third kappa shape index (κ3) is 3.76. The highest BCUT2D eigenvalue weighted by Crippen LogP contribution is 2.38. The minimum Gasteiger partial charge on any atom is -0.410 e. The Kier molecular flexibility index (Phi) is 4.66. The van der Waals surface area contributed by atoms with Crippen LogP contribution in [0.2, 0.25) is 18.1 Å². The largest absolute Gasteiger partial charge is 0.410 e. The van der Waals surface area contributed by atoms with Gasteiger partial charge < -0.3 is 9.33 Å². The van der Waals surface area contributed by atoms with Crippen molar-refractivity contribution in [1.29, 1.82) is 0 Å². The molecule has 3 nitrogen and oxygen atoms in total. The summed E-state index contributed by atoms with van der Waals surface area (Å²) >= 11 is 3.38. The van der Waals surface area contributed by atoms with E-state index in [0.29, 0.717) is 13.1 Å². The molecule has 1 saturated heterocycles. The molecule has 5 heteroatoms. The van der Waals surface area contributed by atoms with Crippen molar-refractivity contribution in [3.63, 3.8) is 0 Å². The van der Waals surface area contributed by atoms with Crippen LogP contribution in [0.25, 0.3) is 0 Å². The van der Waals surface area contributed by atoms with Crippen molar-refractivity contribution in [3.05, 3.63) is 34.3 Å². The van der Waals surface area contributed by atoms with Crippen molar-refractivity contribution in [2.75, 3.05) is 13.1 Å². The summed E-state index contributed by atoms with van der Waals surface area (Å²) in [6.07, 6.45) is 0.199. The number of amides is 1. The molecule has 0 spiro atoms. The highest BCUT2D eigenvalue weighted by molar-refractivity contribution is 9.10. The van der Waals surface area contributed by atoms with Crippen molar-refractivity contribution in [2.45, 2.75) is 45.0 Å². The van der Waals surface area contributed by atoms with E-state index in [1.54, 1.807) is 0 Å². The van der Waals surface area contributed by atoms with Crippen LogP contribution in [0, 0.1) is 0 Å². The molecule has 116 valence electrons. The van der Waals surface area contributed by atoms with E-state index in [4.69, 9.17) is 4.43 Å². The smallest absolute Gasteiger partial charge is 0.254 e. The second-order valence-corrected chi connectivity index (χ2v) is 12.9. The summed E-state index contributed by atoms with van der Waals surface area (Å²) in [6, 6.07) is 7.51. The maximum atomic E-state index is 12.3. The molecule has 0 N–H and O–H groups in total. The third-order valence-corrected chi connectivity index (χ3v) is 9.56. The summed E-state index contributed by atoms with van der Waals surface area (Å²) in [5.74, 6) is 0.0950. The van der Waals surface area contributed by atoms with Crippen molar-refractivity contribution in [1.82, 2.24) is 4.90 Å². The molecule has 1 aromatic rings. The molecule has 1 amide bonds. The Morgan fingerprint density at radius 2 is 1.76 bits per heavy atom. The van der Waals surface area contributed by atoms with E-state index >= 15 is 0 Å². The average molecular weight is 370 g/mol. The number of carbonyl (C=O) groups excluding carboxylic acids is 1. The molecule has 0 radical (unpaired) electrons. The van der Waals surface area contributed by atoms with Crippen molar-refractivity contribution >= 4 is 30.2 Å². The summed E-state index contributed by atoms with van der Waals surface area (Å²) in [5, 5.41) is 0.211. The van der Waals surface area contributed by atoms with Crippen LogP contribution in [0.3, 0.4) is 0 Å². The molecule has 0 bridgehead atoms. The van der Waals surface area contributed by atoms with Crippen LogP contribution in [0.4, 0.5) is 0 Å². The van der Waals surface area contributed by atoms with E-state index in [9.17, 15) is 4.79 Å². The lowest BCUT2D eigenvalue weighted by Gasteiger charge is -2.46. The van der Waals surface area contributed by atoms with Gasteiger partial charge in [-0.1, -0.05) is 36.7 Å². The van der Waals surface area contributed by atoms with Crippen LogP contribution in [0.1, 0.15) is 31.1 Å². The Hall–Kier alpha value is -0.653. The average Bonchev–Trinajstić information content (AvgIpc) is 2.32. The van der Waals surface area contributed by atoms with Gasteiger partial charge >= 0.3 is 0 Å². The van der Waals surface area contributed by atoms with E-state index in [1.165, 1.54) is 0 Å². The van der Waals surface area contributed by atoms with E-state index in [2.05, 4.69) is 49.8 Å². The highest BCUT2D eigenvalue weighted by Gasteiger charge is 2.42. The minimum atomic E-state index is -1.73. The predicted molar refractivity (Wildman–Crippen MR) is 92.1 cm³/mol. The molecule has 1 aliphatic rings. The van der Waals surface area contributed by atoms with Gasteiger partial charge in [0.2, 0.25) is 0 Å². The first-order valence-electron chi connectivity index (χ1n) is 7.33. The maximum absolute atomic E-state index is 12.3. The Bertz CT molecular complexity index is 516. The van der Waals surface area contributed by atoms with Crippen LogP contribution in [-0.2, 0) is 4.43 Å². The number of nitrogens with zero attached hydrogens (tertiary/aromatic N) is 1. The number of hydrogen-bond acceptors (Lipinski definition) is 2. The van der Waals surface area contributed by atoms with E-state index in [1.807, 2.05) is 29.2 Å². The lowest BCUT2D eigenvalue weighted by Crippen LogP contribution is -2.59. The number of halogens is 1. The fraction of sp³-hybridized carbons (Fsp3) is 0.562. The maximum Gasteiger partial charge on any atom is 0.254 e. The number of benzene rings is 1. The number of hydrogen-bond donors (Lipinski definition) is 0. The van der Waals surface area contributed by atoms with Crippen molar-refractivity contribution in [2.24, 2.45) is 0 Å². The fourth-order valence-corrected chi connectivity index (χ4v) is 3.65. The normalized spacial score (nSPS) is 16.8. The zero-order valence-electron chi connectivity index (χ0n) is 13.4. The molecule has 1 aliphatic heterocycles. The molecule has 2 rings (SSSR count). The Balaban J connectivity index is 1.89. The molecule has 21 heavy (non-hydrogen) atoms. The second-order valence-electron chi connectivity index (χ2n) is 7.22. The molecule has 1 fully saturated rings. The molecule has 0 unspecified atom stereocenters. The van der Waals surface area contributed by atoms with Gasteiger partial charge in [-0.15, -0.1) is 0 Å². The second kappa shape index (κ2) is 5.86. The van der Waals surface area contributed by atoms with Crippen LogP contribution in [0.5, 0.6) is 0 Å². The summed E-state index contributed by atoms with van der Waals surface area (Å²) < 4.78 is 7.30. The van der Waals surface area contributed by atoms with Gasteiger partial charge in [0.25, 0.3) is 5.91 Å². The molecule has 0 saturated carbocycles. The zero-order chi connectivity index (χ0) is 15.8. The van der Waals surface area contributed by atoms with Gasteiger partial charge in [0.05, 0.1) is 6.10 Å². The molecule has 0 aromatic heterocycles. The molecular weight excluding hydrogens is 346 g/mol. The van der Waals surface area contributed by atoms with Crippen LogP contribution in [-0.4, -0.2) is 38.3 Å². The fourth-order valence-electron chi connectivity index (χ4n) is 2.05. The summed E-state index contributed by atoms with van der Waals surface area (Å²) in [4.78, 5) is 14.2. The highest BCUT2D eigenvalue weighted by atomic mass is 79.9. The van der Waals surface area contributed by atoms with Crippen LogP contribution in [0.15, 0.2) is 28.7 Å². The van der Waals surface area contributed by atoms with Gasteiger partial charge in [-0.2, -0.15) is 0 Å². The molecule has 1 aromatic carbocycles. The van der Waals surface area contributed by atoms with Gasteiger partial charge in [-0.05, 0) is 42.4 Å². The molecule has 1 heterocycles. The van der Waals surface area contributed by atoms with Gasteiger partial charge in [-0.3, -0.25) is 4.79 Å². The topological polar surface area (TPSA) is 29.5 Å². The van der Waals surface area contributed by atoms with E-state index in [-0.39, 0.29) is 17.0 Å². The Labute approximate surface area is 136 Å². The number of carbonyl (C=O) groups is 1. The lowest BCUT2D eigenvalue weighted by molar-refractivity contribution is 0.0118. The van der Waals surface area contributed by atoms with Crippen molar-refractivity contribution < 1.29 is 9.22 Å². The first kappa shape index (κ1) is 16.7. The lowest BCUT2D eigenvalue weighted by atomic mass is 10.1. The Morgan fingerprint density at radius 1 is 1.24 bits per heavy atom. The van der Waals surface area contributed by atoms with Gasteiger partial charge in [0.15, 0.2) is 8.32 Å². The minimum absolute atomic E-state index is 0.0950. The predicted octanol–water partition coefficient (Wildman–Crippen LogP) is 4.30. The summed E-state index contributed by atoms with van der Waals surface area (Å²) in [7, 11) is -1.73. The summed E-state index contributed by atoms with van der Waals surface area (Å²) in [6.45, 7) is 12.6. The summed E-state index contributed by atoms with van der Waals surface area (Å²) in [5.41, 5.74) is 0.740. The molecule has 0 aliphatic carbocycles. The monoisotopic (exact) mass is 369 g/mol. The van der Waals surface area contributed by atoms with Gasteiger partial charge in [0.1, 0.15) is 0 Å². The van der Waals surface area contributed by atoms with Crippen LogP contribution >= 0.6 is 15.9 Å². The van der Waals surface area contributed by atoms with Crippen molar-refractivity contribution in [3.8, 4) is 0 Å².